The Kier molecular flexibility index (Phi) is 3.72. The van der Waals surface area contributed by atoms with E-state index in [9.17, 15) is 13.5 Å². The molecule has 0 bridgehead atoms. The van der Waals surface area contributed by atoms with Crippen molar-refractivity contribution in [3.63, 3.8) is 0 Å². The molecular formula is C10H7Cl2NO3S2. The number of phenols is 1. The largest absolute Gasteiger partial charge is 0.506 e. The molecule has 96 valence electrons. The highest BCUT2D eigenvalue weighted by Gasteiger charge is 2.18. The molecule has 0 amide bonds. The lowest BCUT2D eigenvalue weighted by Crippen LogP contribution is -2.11. The van der Waals surface area contributed by atoms with Crippen LogP contribution in [-0.4, -0.2) is 13.5 Å². The van der Waals surface area contributed by atoms with Crippen molar-refractivity contribution in [2.24, 2.45) is 0 Å². The number of nitrogens with one attached hydrogen (secondary N) is 1. The lowest BCUT2D eigenvalue weighted by Gasteiger charge is -2.08. The minimum absolute atomic E-state index is 0.0204. The number of benzene rings is 1. The summed E-state index contributed by atoms with van der Waals surface area (Å²) in [6.45, 7) is 0. The summed E-state index contributed by atoms with van der Waals surface area (Å²) in [6, 6.07) is 6.96. The maximum Gasteiger partial charge on any atom is 0.271 e. The molecule has 0 spiro atoms. The van der Waals surface area contributed by atoms with Crippen molar-refractivity contribution in [1.29, 1.82) is 0 Å². The van der Waals surface area contributed by atoms with Gasteiger partial charge in [0.2, 0.25) is 0 Å². The van der Waals surface area contributed by atoms with Crippen LogP contribution in [0.5, 0.6) is 5.75 Å². The fraction of sp³-hybridized carbons (Fsp3) is 0. The van der Waals surface area contributed by atoms with Gasteiger partial charge in [-0.2, -0.15) is 0 Å². The molecule has 2 N–H and O–H groups in total. The zero-order valence-corrected chi connectivity index (χ0v) is 11.9. The van der Waals surface area contributed by atoms with Gasteiger partial charge in [-0.25, -0.2) is 8.42 Å². The normalized spacial score (nSPS) is 11.4. The minimum Gasteiger partial charge on any atom is -0.506 e. The van der Waals surface area contributed by atoms with Gasteiger partial charge in [-0.1, -0.05) is 23.2 Å². The second-order valence-corrected chi connectivity index (χ2v) is 7.39. The molecule has 4 nitrogen and oxygen atoms in total. The average molecular weight is 324 g/mol. The quantitative estimate of drug-likeness (QED) is 0.849. The number of anilines is 1. The van der Waals surface area contributed by atoms with Gasteiger partial charge in [-0.3, -0.25) is 4.72 Å². The minimum atomic E-state index is -3.77. The van der Waals surface area contributed by atoms with Gasteiger partial charge < -0.3 is 5.11 Å². The van der Waals surface area contributed by atoms with Crippen molar-refractivity contribution >= 4 is 50.2 Å². The molecule has 1 aromatic heterocycles. The molecule has 2 aromatic rings. The monoisotopic (exact) mass is 323 g/mol. The Balaban J connectivity index is 2.36. The van der Waals surface area contributed by atoms with Crippen molar-refractivity contribution in [2.75, 3.05) is 4.72 Å². The third-order valence-corrected chi connectivity index (χ3v) is 5.34. The summed E-state index contributed by atoms with van der Waals surface area (Å²) in [4.78, 5) is 0. The molecule has 0 unspecified atom stereocenters. The number of halogens is 2. The van der Waals surface area contributed by atoms with Crippen LogP contribution in [0, 0.1) is 0 Å². The molecule has 0 radical (unpaired) electrons. The highest BCUT2D eigenvalue weighted by Crippen LogP contribution is 2.31. The average Bonchev–Trinajstić information content (AvgIpc) is 2.71. The maximum atomic E-state index is 12.0. The second-order valence-electron chi connectivity index (χ2n) is 3.33. The highest BCUT2D eigenvalue weighted by molar-refractivity contribution is 7.94. The Hall–Kier alpha value is -0.950. The van der Waals surface area contributed by atoms with Crippen LogP contribution in [0.4, 0.5) is 5.69 Å². The van der Waals surface area contributed by atoms with Crippen LogP contribution in [0.3, 0.4) is 0 Å². The van der Waals surface area contributed by atoms with Crippen LogP contribution in [0.25, 0.3) is 0 Å². The van der Waals surface area contributed by atoms with Gasteiger partial charge in [0.25, 0.3) is 10.0 Å². The summed E-state index contributed by atoms with van der Waals surface area (Å²) in [5, 5.41) is 9.86. The van der Waals surface area contributed by atoms with Gasteiger partial charge in [0.05, 0.1) is 10.0 Å². The molecule has 0 saturated carbocycles. The fourth-order valence-electron chi connectivity index (χ4n) is 1.23. The first kappa shape index (κ1) is 13.5. The first-order chi connectivity index (χ1) is 8.38. The summed E-state index contributed by atoms with van der Waals surface area (Å²) in [7, 11) is -3.77. The van der Waals surface area contributed by atoms with E-state index >= 15 is 0 Å². The van der Waals surface area contributed by atoms with E-state index < -0.39 is 10.0 Å². The molecule has 0 aliphatic heterocycles. The Bertz CT molecular complexity index is 682. The predicted molar refractivity (Wildman–Crippen MR) is 73.3 cm³/mol. The summed E-state index contributed by atoms with van der Waals surface area (Å²) >= 11 is 12.3. The van der Waals surface area contributed by atoms with Crippen LogP contribution in [0.2, 0.25) is 9.36 Å². The van der Waals surface area contributed by atoms with Crippen LogP contribution in [0.1, 0.15) is 0 Å². The number of thiophene rings is 1. The molecule has 1 heterocycles. The summed E-state index contributed by atoms with van der Waals surface area (Å²) in [5.74, 6) is -0.203. The first-order valence-corrected chi connectivity index (χ1v) is 7.71. The molecular weight excluding hydrogens is 317 g/mol. The third-order valence-electron chi connectivity index (χ3n) is 2.02. The van der Waals surface area contributed by atoms with Crippen molar-refractivity contribution in [1.82, 2.24) is 0 Å². The number of hydrogen-bond donors (Lipinski definition) is 2. The van der Waals surface area contributed by atoms with Crippen LogP contribution in [0.15, 0.2) is 34.5 Å². The molecule has 18 heavy (non-hydrogen) atoms. The number of phenolic OH excluding ortho intramolecular Hbond substituents is 1. The highest BCUT2D eigenvalue weighted by atomic mass is 35.5. The fourth-order valence-corrected chi connectivity index (χ4v) is 3.95. The number of aromatic hydroxyl groups is 1. The van der Waals surface area contributed by atoms with E-state index in [2.05, 4.69) is 4.72 Å². The SMILES string of the molecule is O=S(=O)(Nc1cc(Cl)ccc1O)c1ccc(Cl)s1. The zero-order valence-electron chi connectivity index (χ0n) is 8.72. The van der Waals surface area contributed by atoms with Crippen molar-refractivity contribution in [3.05, 3.63) is 39.7 Å². The van der Waals surface area contributed by atoms with Crippen molar-refractivity contribution in [3.8, 4) is 5.75 Å². The van der Waals surface area contributed by atoms with Gasteiger partial charge >= 0.3 is 0 Å². The Morgan fingerprint density at radius 1 is 1.17 bits per heavy atom. The van der Waals surface area contributed by atoms with Gasteiger partial charge in [0.15, 0.2) is 0 Å². The van der Waals surface area contributed by atoms with Gasteiger partial charge in [0.1, 0.15) is 9.96 Å². The molecule has 0 saturated heterocycles. The van der Waals surface area contributed by atoms with E-state index in [0.717, 1.165) is 11.3 Å². The van der Waals surface area contributed by atoms with E-state index in [0.29, 0.717) is 9.36 Å². The van der Waals surface area contributed by atoms with E-state index in [1.165, 1.54) is 30.3 Å². The summed E-state index contributed by atoms with van der Waals surface area (Å²) in [6.07, 6.45) is 0. The molecule has 0 fully saturated rings. The van der Waals surface area contributed by atoms with E-state index in [4.69, 9.17) is 23.2 Å². The smallest absolute Gasteiger partial charge is 0.271 e. The van der Waals surface area contributed by atoms with E-state index in [1.54, 1.807) is 0 Å². The molecule has 1 aromatic carbocycles. The zero-order chi connectivity index (χ0) is 13.3. The number of hydrogen-bond acceptors (Lipinski definition) is 4. The van der Waals surface area contributed by atoms with Gasteiger partial charge in [-0.05, 0) is 30.3 Å². The standard InChI is InChI=1S/C10H7Cl2NO3S2/c11-6-1-2-8(14)7(5-6)13-18(15,16)10-4-3-9(12)17-10/h1-5,13-14H. The van der Waals surface area contributed by atoms with E-state index in [1.807, 2.05) is 0 Å². The maximum absolute atomic E-state index is 12.0. The second kappa shape index (κ2) is 4.97. The molecule has 0 atom stereocenters. The Labute approximate surface area is 118 Å². The lowest BCUT2D eigenvalue weighted by molar-refractivity contribution is 0.477. The molecule has 8 heteroatoms. The van der Waals surface area contributed by atoms with Crippen LogP contribution >= 0.6 is 34.5 Å². The topological polar surface area (TPSA) is 66.4 Å². The molecule has 0 aliphatic carbocycles. The van der Waals surface area contributed by atoms with Gasteiger partial charge in [-0.15, -0.1) is 11.3 Å². The van der Waals surface area contributed by atoms with E-state index in [-0.39, 0.29) is 15.6 Å². The van der Waals surface area contributed by atoms with Crippen molar-refractivity contribution < 1.29 is 13.5 Å². The summed E-state index contributed by atoms with van der Waals surface area (Å²) in [5.41, 5.74) is 0.0204. The first-order valence-electron chi connectivity index (χ1n) is 4.65. The molecule has 0 aliphatic rings. The third kappa shape index (κ3) is 2.89. The van der Waals surface area contributed by atoms with Crippen molar-refractivity contribution in [2.45, 2.75) is 4.21 Å². The van der Waals surface area contributed by atoms with Crippen LogP contribution in [-0.2, 0) is 10.0 Å². The lowest BCUT2D eigenvalue weighted by atomic mass is 10.3. The number of rotatable bonds is 3. The summed E-state index contributed by atoms with van der Waals surface area (Å²) < 4.78 is 26.6. The Morgan fingerprint density at radius 2 is 1.89 bits per heavy atom. The van der Waals surface area contributed by atoms with Gasteiger partial charge in [0, 0.05) is 5.02 Å². The molecule has 2 rings (SSSR count). The number of sulfonamides is 1. The Morgan fingerprint density at radius 3 is 2.50 bits per heavy atom. The van der Waals surface area contributed by atoms with Crippen LogP contribution < -0.4 is 4.72 Å². The predicted octanol–water partition coefficient (Wildman–Crippen LogP) is 3.56.